The van der Waals surface area contributed by atoms with Gasteiger partial charge in [-0.2, -0.15) is 0 Å². The van der Waals surface area contributed by atoms with Crippen molar-refractivity contribution in [3.05, 3.63) is 25.3 Å². The average Bonchev–Trinajstić information content (AvgIpc) is 2.13. The molecule has 0 saturated heterocycles. The third-order valence-corrected chi connectivity index (χ3v) is 2.43. The molecule has 0 aliphatic rings. The molecule has 0 rings (SSSR count). The minimum atomic E-state index is -4.33. The van der Waals surface area contributed by atoms with Crippen LogP contribution in [0.5, 0.6) is 0 Å². The van der Waals surface area contributed by atoms with E-state index >= 15 is 0 Å². The summed E-state index contributed by atoms with van der Waals surface area (Å²) in [7, 11) is -4.33. The second kappa shape index (κ2) is 13.0. The van der Waals surface area contributed by atoms with E-state index in [1.807, 2.05) is 0 Å². The molecule has 0 saturated carbocycles. The minimum absolute atomic E-state index is 0. The number of hydrogen-bond acceptors (Lipinski definition) is 6. The number of hydrogen-bond donors (Lipinski definition) is 1. The van der Waals surface area contributed by atoms with Crippen LogP contribution in [0, 0.1) is 0 Å². The van der Waals surface area contributed by atoms with Crippen molar-refractivity contribution in [2.45, 2.75) is 19.4 Å². The van der Waals surface area contributed by atoms with E-state index in [9.17, 15) is 17.8 Å². The van der Waals surface area contributed by atoms with Gasteiger partial charge in [0.15, 0.2) is 0 Å². The number of aliphatic carboxylic acids is 1. The van der Waals surface area contributed by atoms with Crippen molar-refractivity contribution in [2.75, 3.05) is 5.75 Å². The van der Waals surface area contributed by atoms with Crippen LogP contribution in [0.15, 0.2) is 25.3 Å². The van der Waals surface area contributed by atoms with Crippen molar-refractivity contribution in [2.24, 2.45) is 0 Å². The van der Waals surface area contributed by atoms with Gasteiger partial charge in [0.05, 0.1) is 21.8 Å². The molecule has 0 bridgehead atoms. The molecule has 0 spiro atoms. The van der Waals surface area contributed by atoms with Gasteiger partial charge < -0.3 is 19.8 Å². The number of rotatable bonds is 5. The first-order valence-corrected chi connectivity index (χ1v) is 6.23. The molecule has 0 fully saturated rings. The fourth-order valence-corrected chi connectivity index (χ4v) is 1.82. The zero-order chi connectivity index (χ0) is 15.0. The molecule has 0 aromatic heterocycles. The zero-order valence-electron chi connectivity index (χ0n) is 12.1. The van der Waals surface area contributed by atoms with Gasteiger partial charge in [-0.05, 0) is 26.0 Å². The molecule has 0 unspecified atom stereocenters. The molecular formula is C10H15NNa2O6S. The third-order valence-electron chi connectivity index (χ3n) is 1.35. The van der Waals surface area contributed by atoms with Crippen LogP contribution in [0.4, 0.5) is 0 Å². The summed E-state index contributed by atoms with van der Waals surface area (Å²) in [6.07, 6.45) is 1.74. The van der Waals surface area contributed by atoms with Gasteiger partial charge >= 0.3 is 59.1 Å². The van der Waals surface area contributed by atoms with Crippen LogP contribution in [0.1, 0.15) is 13.8 Å². The quantitative estimate of drug-likeness (QED) is 0.304. The number of nitrogens with one attached hydrogen (secondary N) is 1. The van der Waals surface area contributed by atoms with E-state index in [4.69, 9.17) is 9.90 Å². The van der Waals surface area contributed by atoms with Gasteiger partial charge in [-0.3, -0.25) is 4.79 Å². The number of carboxylic acids is 1. The van der Waals surface area contributed by atoms with Crippen LogP contribution in [-0.4, -0.2) is 36.1 Å². The largest absolute Gasteiger partial charge is 1.00 e. The van der Waals surface area contributed by atoms with E-state index in [-0.39, 0.29) is 59.1 Å². The van der Waals surface area contributed by atoms with Gasteiger partial charge in [0.2, 0.25) is 5.91 Å². The summed E-state index contributed by atoms with van der Waals surface area (Å²) in [6.45, 7) is 9.00. The van der Waals surface area contributed by atoms with E-state index in [0.717, 1.165) is 12.2 Å². The van der Waals surface area contributed by atoms with Gasteiger partial charge in [0.1, 0.15) is 0 Å². The molecule has 20 heavy (non-hydrogen) atoms. The SMILES string of the molecule is C=CC(=O)NC(C)(C)CS(=O)(=O)[O-].C=CC(=O)[O-].[Na+].[Na+]. The topological polar surface area (TPSA) is 126 Å². The van der Waals surface area contributed by atoms with Gasteiger partial charge in [0, 0.05) is 5.54 Å². The van der Waals surface area contributed by atoms with Crippen LogP contribution in [-0.2, 0) is 19.7 Å². The monoisotopic (exact) mass is 323 g/mol. The Hall–Kier alpha value is 0.330. The van der Waals surface area contributed by atoms with E-state index in [0.29, 0.717) is 0 Å². The molecule has 0 radical (unpaired) electrons. The second-order valence-corrected chi connectivity index (χ2v) is 5.21. The summed E-state index contributed by atoms with van der Waals surface area (Å²) in [5.41, 5.74) is -1.06. The molecule has 0 aromatic rings. The molecule has 0 aliphatic heterocycles. The molecule has 104 valence electrons. The number of carboxylic acid groups (broad SMARTS) is 1. The van der Waals surface area contributed by atoms with E-state index in [1.165, 1.54) is 13.8 Å². The Balaban J connectivity index is -0.000000158. The summed E-state index contributed by atoms with van der Waals surface area (Å²) < 4.78 is 31.2. The third kappa shape index (κ3) is 23.4. The first kappa shape index (κ1) is 28.5. The number of carbonyl (C=O) groups excluding carboxylic acids is 2. The predicted octanol–water partition coefficient (Wildman–Crippen LogP) is -7.46. The van der Waals surface area contributed by atoms with Crippen molar-refractivity contribution in [3.63, 3.8) is 0 Å². The maximum Gasteiger partial charge on any atom is 1.00 e. The van der Waals surface area contributed by atoms with Crippen LogP contribution in [0.3, 0.4) is 0 Å². The maximum absolute atomic E-state index is 10.8. The van der Waals surface area contributed by atoms with E-state index < -0.39 is 33.3 Å². The summed E-state index contributed by atoms with van der Waals surface area (Å²) in [4.78, 5) is 19.9. The van der Waals surface area contributed by atoms with Gasteiger partial charge in [0.25, 0.3) is 0 Å². The minimum Gasteiger partial charge on any atom is -0.748 e. The Morgan fingerprint density at radius 1 is 1.20 bits per heavy atom. The Morgan fingerprint density at radius 2 is 1.55 bits per heavy atom. The van der Waals surface area contributed by atoms with Crippen molar-refractivity contribution in [1.82, 2.24) is 5.32 Å². The van der Waals surface area contributed by atoms with E-state index in [2.05, 4.69) is 18.5 Å². The molecule has 1 N–H and O–H groups in total. The fraction of sp³-hybridized carbons (Fsp3) is 0.400. The van der Waals surface area contributed by atoms with Crippen molar-refractivity contribution in [1.29, 1.82) is 0 Å². The molecule has 0 atom stereocenters. The van der Waals surface area contributed by atoms with Gasteiger partial charge in [-0.15, -0.1) is 0 Å². The summed E-state index contributed by atoms with van der Waals surface area (Å²) in [5, 5.41) is 11.5. The zero-order valence-corrected chi connectivity index (χ0v) is 17.0. The first-order valence-electron chi connectivity index (χ1n) is 4.65. The summed E-state index contributed by atoms with van der Waals surface area (Å²) in [6, 6.07) is 0. The molecule has 1 amide bonds. The van der Waals surface area contributed by atoms with E-state index in [1.54, 1.807) is 0 Å². The summed E-state index contributed by atoms with van der Waals surface area (Å²) >= 11 is 0. The van der Waals surface area contributed by atoms with Gasteiger partial charge in [-0.1, -0.05) is 13.2 Å². The molecule has 0 aromatic carbocycles. The van der Waals surface area contributed by atoms with Crippen LogP contribution < -0.4 is 69.5 Å². The number of amides is 1. The summed E-state index contributed by atoms with van der Waals surface area (Å²) in [5.74, 6) is -2.38. The van der Waals surface area contributed by atoms with Crippen LogP contribution >= 0.6 is 0 Å². The fourth-order valence-electron chi connectivity index (χ4n) is 0.863. The first-order chi connectivity index (χ1) is 7.93. The Kier molecular flexibility index (Phi) is 18.6. The Labute approximate surface area is 163 Å². The van der Waals surface area contributed by atoms with Crippen molar-refractivity contribution >= 4 is 22.0 Å². The Bertz CT molecular complexity index is 433. The molecule has 0 aliphatic carbocycles. The second-order valence-electron chi connectivity index (χ2n) is 3.80. The van der Waals surface area contributed by atoms with Gasteiger partial charge in [-0.25, -0.2) is 8.42 Å². The molecule has 0 heterocycles. The normalized spacial score (nSPS) is 9.55. The molecule has 7 nitrogen and oxygen atoms in total. The standard InChI is InChI=1S/C7H13NO4S.C3H4O2.2Na/c1-4-6(9)8-7(2,3)5-13(10,11)12;1-2-3(4)5;;/h4H,1,5H2,2-3H3,(H,8,9)(H,10,11,12);2H,1H2,(H,4,5);;/q;;2*+1/p-2. The predicted molar refractivity (Wildman–Crippen MR) is 62.2 cm³/mol. The van der Waals surface area contributed by atoms with Crippen molar-refractivity contribution < 1.29 is 86.8 Å². The van der Waals surface area contributed by atoms with Crippen LogP contribution in [0.2, 0.25) is 0 Å². The molecule has 10 heteroatoms. The Morgan fingerprint density at radius 3 is 1.75 bits per heavy atom. The average molecular weight is 323 g/mol. The maximum atomic E-state index is 10.8. The molecular weight excluding hydrogens is 308 g/mol. The van der Waals surface area contributed by atoms with Crippen molar-refractivity contribution in [3.8, 4) is 0 Å². The smallest absolute Gasteiger partial charge is 0.748 e. The van der Waals surface area contributed by atoms with Crippen LogP contribution in [0.25, 0.3) is 0 Å². The number of carbonyl (C=O) groups is 2.